The van der Waals surface area contributed by atoms with Crippen LogP contribution in [0.1, 0.15) is 6.42 Å². The second kappa shape index (κ2) is 3.56. The van der Waals surface area contributed by atoms with Crippen LogP contribution < -0.4 is 4.90 Å². The van der Waals surface area contributed by atoms with E-state index in [-0.39, 0.29) is 41.2 Å². The maximum atomic E-state index is 12.8. The molecular weight excluding hydrogens is 266 g/mol. The first kappa shape index (κ1) is 11.5. The van der Waals surface area contributed by atoms with Crippen molar-refractivity contribution in [1.82, 2.24) is 0 Å². The van der Waals surface area contributed by atoms with E-state index in [2.05, 4.69) is 12.2 Å². The van der Waals surface area contributed by atoms with E-state index >= 15 is 0 Å². The third-order valence-electron chi connectivity index (χ3n) is 5.75. The van der Waals surface area contributed by atoms with Gasteiger partial charge in [-0.1, -0.05) is 18.2 Å². The molecule has 1 heterocycles. The number of benzene rings is 1. The van der Waals surface area contributed by atoms with E-state index in [0.717, 1.165) is 0 Å². The number of allylic oxidation sites excluding steroid dienone is 2. The van der Waals surface area contributed by atoms with E-state index in [1.54, 1.807) is 18.2 Å². The molecule has 6 atom stereocenters. The maximum Gasteiger partial charge on any atom is 0.238 e. The number of phenolic OH excluding ortho intramolecular Hbond substituents is 1. The minimum absolute atomic E-state index is 0.0758. The first-order valence-corrected chi connectivity index (χ1v) is 7.52. The van der Waals surface area contributed by atoms with Crippen LogP contribution >= 0.6 is 0 Å². The number of phenols is 1. The smallest absolute Gasteiger partial charge is 0.238 e. The zero-order chi connectivity index (χ0) is 14.3. The Morgan fingerprint density at radius 3 is 2.19 bits per heavy atom. The van der Waals surface area contributed by atoms with Gasteiger partial charge in [-0.3, -0.25) is 9.59 Å². The van der Waals surface area contributed by atoms with Gasteiger partial charge in [-0.05, 0) is 42.2 Å². The molecule has 1 saturated heterocycles. The normalized spacial score (nSPS) is 42.2. The third kappa shape index (κ3) is 1.30. The molecule has 0 unspecified atom stereocenters. The quantitative estimate of drug-likeness (QED) is 0.632. The van der Waals surface area contributed by atoms with Crippen molar-refractivity contribution in [3.05, 3.63) is 36.4 Å². The molecule has 1 aromatic carbocycles. The van der Waals surface area contributed by atoms with Crippen molar-refractivity contribution in [1.29, 1.82) is 0 Å². The number of nitrogens with zero attached hydrogens (tertiary/aromatic N) is 1. The number of imide groups is 1. The van der Waals surface area contributed by atoms with Crippen LogP contribution in [0.4, 0.5) is 5.69 Å². The summed E-state index contributed by atoms with van der Waals surface area (Å²) < 4.78 is 0. The molecule has 5 aliphatic rings. The summed E-state index contributed by atoms with van der Waals surface area (Å²) in [5.41, 5.74) is 0.493. The minimum Gasteiger partial charge on any atom is -0.508 e. The molecule has 2 amide bonds. The molecular formula is C17H15NO3. The number of carbonyl (C=O) groups is 2. The fourth-order valence-electron chi connectivity index (χ4n) is 4.84. The highest BCUT2D eigenvalue weighted by atomic mass is 16.3. The van der Waals surface area contributed by atoms with Gasteiger partial charge in [-0.25, -0.2) is 4.90 Å². The Kier molecular flexibility index (Phi) is 1.96. The van der Waals surface area contributed by atoms with Gasteiger partial charge in [0, 0.05) is 6.07 Å². The van der Waals surface area contributed by atoms with Crippen LogP contribution in [0, 0.1) is 35.5 Å². The molecule has 1 aliphatic heterocycles. The molecule has 2 saturated carbocycles. The second-order valence-corrected chi connectivity index (χ2v) is 6.69. The van der Waals surface area contributed by atoms with E-state index in [1.165, 1.54) is 17.4 Å². The van der Waals surface area contributed by atoms with E-state index in [9.17, 15) is 14.7 Å². The fraction of sp³-hybridized carbons (Fsp3) is 0.412. The molecule has 1 N–H and O–H groups in total. The van der Waals surface area contributed by atoms with Gasteiger partial charge in [0.05, 0.1) is 17.5 Å². The predicted molar refractivity (Wildman–Crippen MR) is 75.3 cm³/mol. The van der Waals surface area contributed by atoms with Gasteiger partial charge < -0.3 is 5.11 Å². The molecule has 6 rings (SSSR count). The average molecular weight is 281 g/mol. The minimum atomic E-state index is -0.182. The standard InChI is InChI=1S/C17H15NO3/c19-9-3-1-2-8(6-9)18-16(20)14-10-4-5-11(13-7-12(10)13)15(14)17(18)21/h1-6,10-15,19H,7H2/t10-,11+,12-,13-,14+,15+/m1/s1. The van der Waals surface area contributed by atoms with Crippen LogP contribution in [-0.2, 0) is 9.59 Å². The molecule has 4 nitrogen and oxygen atoms in total. The highest BCUT2D eigenvalue weighted by Gasteiger charge is 2.67. The van der Waals surface area contributed by atoms with E-state index in [1.807, 2.05) is 0 Å². The molecule has 0 spiro atoms. The van der Waals surface area contributed by atoms with Crippen molar-refractivity contribution in [3.8, 4) is 5.75 Å². The van der Waals surface area contributed by atoms with Crippen molar-refractivity contribution in [2.45, 2.75) is 6.42 Å². The number of amides is 2. The highest BCUT2D eigenvalue weighted by Crippen LogP contribution is 2.65. The summed E-state index contributed by atoms with van der Waals surface area (Å²) in [6, 6.07) is 6.41. The summed E-state index contributed by atoms with van der Waals surface area (Å²) in [6.07, 6.45) is 5.50. The molecule has 0 aromatic heterocycles. The highest BCUT2D eigenvalue weighted by molar-refractivity contribution is 6.22. The number of anilines is 1. The van der Waals surface area contributed by atoms with Crippen molar-refractivity contribution < 1.29 is 14.7 Å². The molecule has 106 valence electrons. The fourth-order valence-corrected chi connectivity index (χ4v) is 4.84. The van der Waals surface area contributed by atoms with Crippen LogP contribution in [-0.4, -0.2) is 16.9 Å². The summed E-state index contributed by atoms with van der Waals surface area (Å²) in [6.45, 7) is 0. The van der Waals surface area contributed by atoms with Crippen molar-refractivity contribution in [2.75, 3.05) is 4.90 Å². The molecule has 1 aromatic rings. The van der Waals surface area contributed by atoms with Crippen LogP contribution in [0.25, 0.3) is 0 Å². The topological polar surface area (TPSA) is 57.6 Å². The Balaban J connectivity index is 1.60. The van der Waals surface area contributed by atoms with Gasteiger partial charge in [-0.2, -0.15) is 0 Å². The molecule has 3 fully saturated rings. The summed E-state index contributed by atoms with van der Waals surface area (Å²) in [5, 5.41) is 9.61. The van der Waals surface area contributed by atoms with E-state index in [4.69, 9.17) is 0 Å². The summed E-state index contributed by atoms with van der Waals surface area (Å²) in [4.78, 5) is 26.9. The monoisotopic (exact) mass is 281 g/mol. The lowest BCUT2D eigenvalue weighted by Crippen LogP contribution is -2.40. The van der Waals surface area contributed by atoms with Crippen LogP contribution in [0.15, 0.2) is 36.4 Å². The second-order valence-electron chi connectivity index (χ2n) is 6.69. The van der Waals surface area contributed by atoms with E-state index < -0.39 is 0 Å². The lowest BCUT2D eigenvalue weighted by molar-refractivity contribution is -0.124. The Bertz CT molecular complexity index is 674. The Hall–Kier alpha value is -2.10. The first-order chi connectivity index (χ1) is 10.2. The largest absolute Gasteiger partial charge is 0.508 e. The Labute approximate surface area is 122 Å². The lowest BCUT2D eigenvalue weighted by atomic mass is 9.63. The van der Waals surface area contributed by atoms with E-state index in [0.29, 0.717) is 17.5 Å². The van der Waals surface area contributed by atoms with Crippen LogP contribution in [0.2, 0.25) is 0 Å². The van der Waals surface area contributed by atoms with Gasteiger partial charge in [0.1, 0.15) is 5.75 Å². The molecule has 0 radical (unpaired) electrons. The zero-order valence-corrected chi connectivity index (χ0v) is 11.3. The number of hydrogen-bond donors (Lipinski definition) is 1. The zero-order valence-electron chi connectivity index (χ0n) is 11.3. The van der Waals surface area contributed by atoms with Gasteiger partial charge in [-0.15, -0.1) is 0 Å². The van der Waals surface area contributed by atoms with Gasteiger partial charge in [0.15, 0.2) is 0 Å². The lowest BCUT2D eigenvalue weighted by Gasteiger charge is -2.37. The first-order valence-electron chi connectivity index (χ1n) is 7.52. The Morgan fingerprint density at radius 1 is 1.00 bits per heavy atom. The average Bonchev–Trinajstić information content (AvgIpc) is 3.24. The number of hydrogen-bond acceptors (Lipinski definition) is 3. The number of aromatic hydroxyl groups is 1. The SMILES string of the molecule is O=C1[C@H]2[C@@H]3C=C[C@@H]([C@H]4C[C@H]34)[C@@H]2C(=O)N1c1cccc(O)c1. The number of rotatable bonds is 1. The van der Waals surface area contributed by atoms with Crippen molar-refractivity contribution >= 4 is 17.5 Å². The molecule has 21 heavy (non-hydrogen) atoms. The van der Waals surface area contributed by atoms with Gasteiger partial charge in [0.25, 0.3) is 0 Å². The summed E-state index contributed by atoms with van der Waals surface area (Å²) >= 11 is 0. The van der Waals surface area contributed by atoms with Crippen molar-refractivity contribution in [3.63, 3.8) is 0 Å². The van der Waals surface area contributed by atoms with Gasteiger partial charge >= 0.3 is 0 Å². The Morgan fingerprint density at radius 2 is 1.62 bits per heavy atom. The van der Waals surface area contributed by atoms with Crippen molar-refractivity contribution in [2.24, 2.45) is 35.5 Å². The molecule has 4 heteroatoms. The van der Waals surface area contributed by atoms with Gasteiger partial charge in [0.2, 0.25) is 11.8 Å². The maximum absolute atomic E-state index is 12.8. The molecule has 2 bridgehead atoms. The summed E-state index contributed by atoms with van der Waals surface area (Å²) in [7, 11) is 0. The van der Waals surface area contributed by atoms with Crippen LogP contribution in [0.3, 0.4) is 0 Å². The third-order valence-corrected chi connectivity index (χ3v) is 5.75. The predicted octanol–water partition coefficient (Wildman–Crippen LogP) is 1.95. The number of carbonyl (C=O) groups excluding carboxylic acids is 2. The van der Waals surface area contributed by atoms with Crippen LogP contribution in [0.5, 0.6) is 5.75 Å². The summed E-state index contributed by atoms with van der Waals surface area (Å²) in [5.74, 6) is 1.25. The molecule has 4 aliphatic carbocycles.